The Morgan fingerprint density at radius 1 is 0.667 bits per heavy atom. The molecule has 0 unspecified atom stereocenters. The van der Waals surface area contributed by atoms with Crippen LogP contribution in [0.1, 0.15) is 12.5 Å². The lowest BCUT2D eigenvalue weighted by molar-refractivity contribution is 0.340. The molecule has 4 aromatic carbocycles. The van der Waals surface area contributed by atoms with Crippen LogP contribution in [0.5, 0.6) is 17.2 Å². The van der Waals surface area contributed by atoms with Gasteiger partial charge in [-0.3, -0.25) is 0 Å². The van der Waals surface area contributed by atoms with E-state index < -0.39 is 9.84 Å². The van der Waals surface area contributed by atoms with Crippen molar-refractivity contribution in [2.75, 3.05) is 6.61 Å². The molecule has 0 bridgehead atoms. The molecule has 4 rings (SSSR count). The maximum Gasteiger partial charge on any atom is 0.206 e. The van der Waals surface area contributed by atoms with E-state index >= 15 is 0 Å². The first-order valence-corrected chi connectivity index (χ1v) is 11.2. The molecule has 30 heavy (non-hydrogen) atoms. The molecule has 4 aromatic rings. The van der Waals surface area contributed by atoms with Crippen LogP contribution in [0.25, 0.3) is 10.8 Å². The van der Waals surface area contributed by atoms with E-state index in [0.29, 0.717) is 18.1 Å². The number of ether oxygens (including phenoxy) is 2. The average molecular weight is 419 g/mol. The molecule has 4 nitrogen and oxygen atoms in total. The molecule has 0 aliphatic carbocycles. The van der Waals surface area contributed by atoms with Crippen molar-refractivity contribution >= 4 is 20.6 Å². The summed E-state index contributed by atoms with van der Waals surface area (Å²) in [5.41, 5.74) is 1.02. The molecule has 0 aliphatic rings. The third-order valence-electron chi connectivity index (χ3n) is 4.80. The van der Waals surface area contributed by atoms with Crippen LogP contribution < -0.4 is 9.47 Å². The zero-order chi connectivity index (χ0) is 21.1. The van der Waals surface area contributed by atoms with E-state index in [-0.39, 0.29) is 9.79 Å². The quantitative estimate of drug-likeness (QED) is 0.376. The Bertz CT molecular complexity index is 1280. The summed E-state index contributed by atoms with van der Waals surface area (Å²) < 4.78 is 37.0. The van der Waals surface area contributed by atoms with Crippen LogP contribution in [-0.2, 0) is 9.84 Å². The first-order valence-electron chi connectivity index (χ1n) is 9.72. The van der Waals surface area contributed by atoms with Crippen LogP contribution in [0.2, 0.25) is 0 Å². The van der Waals surface area contributed by atoms with E-state index in [2.05, 4.69) is 0 Å². The molecular weight excluding hydrogens is 396 g/mol. The van der Waals surface area contributed by atoms with E-state index in [9.17, 15) is 8.42 Å². The highest BCUT2D eigenvalue weighted by atomic mass is 32.2. The normalized spacial score (nSPS) is 11.4. The first-order chi connectivity index (χ1) is 14.5. The van der Waals surface area contributed by atoms with Crippen LogP contribution in [0, 0.1) is 6.92 Å². The summed E-state index contributed by atoms with van der Waals surface area (Å²) in [6, 6.07) is 25.0. The Labute approximate surface area is 176 Å². The topological polar surface area (TPSA) is 52.6 Å². The van der Waals surface area contributed by atoms with Crippen molar-refractivity contribution in [2.45, 2.75) is 23.6 Å². The molecule has 0 atom stereocenters. The fourth-order valence-electron chi connectivity index (χ4n) is 3.20. The van der Waals surface area contributed by atoms with E-state index in [1.807, 2.05) is 50.2 Å². The van der Waals surface area contributed by atoms with Gasteiger partial charge in [-0.25, -0.2) is 8.42 Å². The second-order valence-electron chi connectivity index (χ2n) is 6.99. The van der Waals surface area contributed by atoms with Gasteiger partial charge >= 0.3 is 0 Å². The molecule has 0 N–H and O–H groups in total. The minimum absolute atomic E-state index is 0.237. The average Bonchev–Trinajstić information content (AvgIpc) is 2.75. The maximum absolute atomic E-state index is 12.8. The van der Waals surface area contributed by atoms with E-state index in [4.69, 9.17) is 9.47 Å². The van der Waals surface area contributed by atoms with Gasteiger partial charge in [-0.2, -0.15) is 0 Å². The van der Waals surface area contributed by atoms with Crippen LogP contribution >= 0.6 is 0 Å². The standard InChI is InChI=1S/C25H22O4S/c1-3-28-22-8-6-20-17-23(9-7-19(20)16-22)29-21-10-14-25(15-11-21)30(26,27)24-12-4-18(2)5-13-24/h4-17H,3H2,1-2H3. The smallest absolute Gasteiger partial charge is 0.206 e. The van der Waals surface area contributed by atoms with Crippen LogP contribution in [0.15, 0.2) is 94.7 Å². The number of rotatable bonds is 6. The first kappa shape index (κ1) is 20.0. The second-order valence-corrected chi connectivity index (χ2v) is 8.94. The van der Waals surface area contributed by atoms with Gasteiger partial charge < -0.3 is 9.47 Å². The summed E-state index contributed by atoms with van der Waals surface area (Å²) in [7, 11) is -3.55. The molecule has 0 amide bonds. The number of aryl methyl sites for hydroxylation is 1. The lowest BCUT2D eigenvalue weighted by atomic mass is 10.1. The van der Waals surface area contributed by atoms with Crippen LogP contribution in [-0.4, -0.2) is 15.0 Å². The molecule has 0 saturated heterocycles. The van der Waals surface area contributed by atoms with Crippen LogP contribution in [0.4, 0.5) is 0 Å². The molecule has 0 spiro atoms. The number of benzene rings is 4. The summed E-state index contributed by atoms with van der Waals surface area (Å²) in [5.74, 6) is 2.09. The Kier molecular flexibility index (Phi) is 5.46. The molecule has 5 heteroatoms. The third kappa shape index (κ3) is 4.16. The highest BCUT2D eigenvalue weighted by molar-refractivity contribution is 7.91. The monoisotopic (exact) mass is 418 g/mol. The van der Waals surface area contributed by atoms with Crippen molar-refractivity contribution < 1.29 is 17.9 Å². The summed E-state index contributed by atoms with van der Waals surface area (Å²) >= 11 is 0. The Morgan fingerprint density at radius 2 is 1.17 bits per heavy atom. The van der Waals surface area contributed by atoms with Crippen molar-refractivity contribution in [2.24, 2.45) is 0 Å². The zero-order valence-electron chi connectivity index (χ0n) is 16.8. The van der Waals surface area contributed by atoms with Gasteiger partial charge in [0.1, 0.15) is 17.2 Å². The summed E-state index contributed by atoms with van der Waals surface area (Å²) in [6.07, 6.45) is 0. The van der Waals surface area contributed by atoms with Gasteiger partial charge in [0.25, 0.3) is 0 Å². The van der Waals surface area contributed by atoms with Gasteiger partial charge in [0.05, 0.1) is 16.4 Å². The van der Waals surface area contributed by atoms with Crippen molar-refractivity contribution in [3.8, 4) is 17.2 Å². The number of hydrogen-bond donors (Lipinski definition) is 0. The summed E-state index contributed by atoms with van der Waals surface area (Å²) in [5, 5.41) is 2.10. The number of sulfone groups is 1. The van der Waals surface area contributed by atoms with Crippen LogP contribution in [0.3, 0.4) is 0 Å². The van der Waals surface area contributed by atoms with E-state index in [0.717, 1.165) is 22.1 Å². The van der Waals surface area contributed by atoms with Crippen molar-refractivity contribution in [3.63, 3.8) is 0 Å². The molecule has 0 saturated carbocycles. The third-order valence-corrected chi connectivity index (χ3v) is 6.58. The predicted molar refractivity (Wildman–Crippen MR) is 118 cm³/mol. The van der Waals surface area contributed by atoms with Gasteiger partial charge in [-0.1, -0.05) is 29.8 Å². The molecular formula is C25H22O4S. The second kappa shape index (κ2) is 8.20. The van der Waals surface area contributed by atoms with Crippen molar-refractivity contribution in [1.29, 1.82) is 0 Å². The van der Waals surface area contributed by atoms with Crippen molar-refractivity contribution in [3.05, 3.63) is 90.5 Å². The van der Waals surface area contributed by atoms with E-state index in [1.54, 1.807) is 48.5 Å². The zero-order valence-corrected chi connectivity index (χ0v) is 17.6. The predicted octanol–water partition coefficient (Wildman–Crippen LogP) is 6.17. The van der Waals surface area contributed by atoms with Gasteiger partial charge in [-0.05, 0) is 85.3 Å². The largest absolute Gasteiger partial charge is 0.494 e. The van der Waals surface area contributed by atoms with Gasteiger partial charge in [-0.15, -0.1) is 0 Å². The highest BCUT2D eigenvalue weighted by Crippen LogP contribution is 2.29. The Hall–Kier alpha value is -3.31. The maximum atomic E-state index is 12.8. The molecule has 0 aliphatic heterocycles. The fraction of sp³-hybridized carbons (Fsp3) is 0.120. The molecule has 0 heterocycles. The minimum atomic E-state index is -3.55. The van der Waals surface area contributed by atoms with Gasteiger partial charge in [0.15, 0.2) is 0 Å². The molecule has 0 aromatic heterocycles. The Morgan fingerprint density at radius 3 is 1.77 bits per heavy atom. The summed E-state index contributed by atoms with van der Waals surface area (Å²) in [4.78, 5) is 0.517. The fourth-order valence-corrected chi connectivity index (χ4v) is 4.46. The molecule has 152 valence electrons. The highest BCUT2D eigenvalue weighted by Gasteiger charge is 2.17. The molecule has 0 fully saturated rings. The number of fused-ring (bicyclic) bond motifs is 1. The van der Waals surface area contributed by atoms with Gasteiger partial charge in [0, 0.05) is 0 Å². The minimum Gasteiger partial charge on any atom is -0.494 e. The molecule has 0 radical (unpaired) electrons. The van der Waals surface area contributed by atoms with Gasteiger partial charge in [0.2, 0.25) is 9.84 Å². The Balaban J connectivity index is 1.54. The lowest BCUT2D eigenvalue weighted by Gasteiger charge is -2.10. The van der Waals surface area contributed by atoms with Crippen molar-refractivity contribution in [1.82, 2.24) is 0 Å². The lowest BCUT2D eigenvalue weighted by Crippen LogP contribution is -2.01. The summed E-state index contributed by atoms with van der Waals surface area (Å²) in [6.45, 7) is 4.51. The number of hydrogen-bond acceptors (Lipinski definition) is 4. The van der Waals surface area contributed by atoms with E-state index in [1.165, 1.54) is 0 Å². The SMILES string of the molecule is CCOc1ccc2cc(Oc3ccc(S(=O)(=O)c4ccc(C)cc4)cc3)ccc2c1.